The van der Waals surface area contributed by atoms with Crippen LogP contribution in [-0.2, 0) is 9.53 Å². The average Bonchev–Trinajstić information content (AvgIpc) is 3.02. The smallest absolute Gasteiger partial charge is 0.244 e. The summed E-state index contributed by atoms with van der Waals surface area (Å²) in [5.41, 5.74) is 2.58. The van der Waals surface area contributed by atoms with Gasteiger partial charge in [-0.25, -0.2) is 0 Å². The van der Waals surface area contributed by atoms with Gasteiger partial charge >= 0.3 is 0 Å². The van der Waals surface area contributed by atoms with Crippen LogP contribution in [0.25, 0.3) is 11.3 Å². The molecule has 0 spiro atoms. The van der Waals surface area contributed by atoms with Gasteiger partial charge in [-0.2, -0.15) is 0 Å². The van der Waals surface area contributed by atoms with Crippen molar-refractivity contribution in [1.82, 2.24) is 14.9 Å². The van der Waals surface area contributed by atoms with Crippen LogP contribution >= 0.6 is 23.9 Å². The molecule has 3 rings (SSSR count). The fourth-order valence-electron chi connectivity index (χ4n) is 2.26. The molecule has 6 nitrogen and oxygen atoms in total. The molecule has 0 bridgehead atoms. The van der Waals surface area contributed by atoms with Crippen molar-refractivity contribution in [2.24, 2.45) is 0 Å². The Hall–Kier alpha value is -1.54. The molecule has 2 N–H and O–H groups in total. The summed E-state index contributed by atoms with van der Waals surface area (Å²) in [6.45, 7) is 3.23. The highest BCUT2D eigenvalue weighted by Gasteiger charge is 2.28. The molecule has 1 fully saturated rings. The summed E-state index contributed by atoms with van der Waals surface area (Å²) in [5.74, 6) is -0.0784. The molecule has 2 aromatic rings. The van der Waals surface area contributed by atoms with E-state index in [2.05, 4.69) is 20.2 Å². The molecule has 0 saturated carbocycles. The number of carbonyl (C=O) groups excluding carboxylic acids is 1. The van der Waals surface area contributed by atoms with E-state index in [0.717, 1.165) is 16.9 Å². The first-order chi connectivity index (χ1) is 10.2. The molecule has 2 heterocycles. The first-order valence-electron chi connectivity index (χ1n) is 6.77. The lowest BCUT2D eigenvalue weighted by Crippen LogP contribution is -2.53. The number of ether oxygens (including phenoxy) is 1. The number of nitrogens with one attached hydrogen (secondary N) is 2. The molecule has 1 saturated heterocycles. The maximum Gasteiger partial charge on any atom is 0.244 e. The van der Waals surface area contributed by atoms with Gasteiger partial charge in [-0.3, -0.25) is 4.79 Å². The van der Waals surface area contributed by atoms with Gasteiger partial charge in [0.15, 0.2) is 0 Å². The van der Waals surface area contributed by atoms with E-state index in [1.54, 1.807) is 0 Å². The molecule has 1 amide bonds. The Labute approximate surface area is 138 Å². The standard InChI is InChI=1S/C14H16N4O2S.ClH/c1-9-13(15-6-7-20-9)14(19)16-11-4-2-10(3-5-11)12-8-21-18-17-12;/h2-5,8-9,13,15H,6-7H2,1H3,(H,16,19);1H/t9-,13+;/m1./s1. The van der Waals surface area contributed by atoms with Crippen molar-refractivity contribution in [1.29, 1.82) is 0 Å². The summed E-state index contributed by atoms with van der Waals surface area (Å²) in [6.07, 6.45) is -0.126. The normalized spacial score (nSPS) is 21.0. The second-order valence-corrected chi connectivity index (χ2v) is 5.47. The number of hydrogen-bond acceptors (Lipinski definition) is 6. The second kappa shape index (κ2) is 7.64. The zero-order valence-electron chi connectivity index (χ0n) is 12.0. The third-order valence-corrected chi connectivity index (χ3v) is 3.91. The van der Waals surface area contributed by atoms with Crippen molar-refractivity contribution in [3.8, 4) is 11.3 Å². The molecule has 118 valence electrons. The van der Waals surface area contributed by atoms with E-state index in [1.165, 1.54) is 11.5 Å². The van der Waals surface area contributed by atoms with E-state index < -0.39 is 0 Å². The van der Waals surface area contributed by atoms with Gasteiger partial charge in [0.25, 0.3) is 0 Å². The first-order valence-corrected chi connectivity index (χ1v) is 7.61. The van der Waals surface area contributed by atoms with Crippen LogP contribution in [0.1, 0.15) is 6.92 Å². The Balaban J connectivity index is 0.00000176. The molecule has 1 aliphatic rings. The maximum absolute atomic E-state index is 12.2. The van der Waals surface area contributed by atoms with Crippen molar-refractivity contribution in [2.45, 2.75) is 19.1 Å². The van der Waals surface area contributed by atoms with Crippen molar-refractivity contribution < 1.29 is 9.53 Å². The fourth-order valence-corrected chi connectivity index (χ4v) is 2.73. The quantitative estimate of drug-likeness (QED) is 0.893. The number of halogens is 1. The summed E-state index contributed by atoms with van der Waals surface area (Å²) in [4.78, 5) is 12.2. The zero-order chi connectivity index (χ0) is 14.7. The number of rotatable bonds is 3. The monoisotopic (exact) mass is 340 g/mol. The van der Waals surface area contributed by atoms with E-state index in [0.29, 0.717) is 13.2 Å². The molecular formula is C14H17ClN4O2S. The number of amides is 1. The van der Waals surface area contributed by atoms with Crippen LogP contribution in [-0.4, -0.2) is 40.8 Å². The fraction of sp³-hybridized carbons (Fsp3) is 0.357. The molecule has 0 radical (unpaired) electrons. The van der Waals surface area contributed by atoms with Crippen molar-refractivity contribution in [3.63, 3.8) is 0 Å². The van der Waals surface area contributed by atoms with Gasteiger partial charge in [0.2, 0.25) is 5.91 Å². The highest BCUT2D eigenvalue weighted by Crippen LogP contribution is 2.20. The van der Waals surface area contributed by atoms with Crippen LogP contribution < -0.4 is 10.6 Å². The van der Waals surface area contributed by atoms with Gasteiger partial charge in [-0.05, 0) is 30.6 Å². The van der Waals surface area contributed by atoms with E-state index in [1.807, 2.05) is 36.6 Å². The van der Waals surface area contributed by atoms with E-state index in [-0.39, 0.29) is 30.5 Å². The number of nitrogens with zero attached hydrogens (tertiary/aromatic N) is 2. The molecule has 0 aliphatic carbocycles. The van der Waals surface area contributed by atoms with Gasteiger partial charge < -0.3 is 15.4 Å². The highest BCUT2D eigenvalue weighted by atomic mass is 35.5. The van der Waals surface area contributed by atoms with Crippen molar-refractivity contribution >= 4 is 35.5 Å². The minimum atomic E-state index is -0.318. The minimum Gasteiger partial charge on any atom is -0.375 e. The number of carbonyl (C=O) groups is 1. The largest absolute Gasteiger partial charge is 0.375 e. The number of aromatic nitrogens is 2. The van der Waals surface area contributed by atoms with E-state index in [9.17, 15) is 4.79 Å². The van der Waals surface area contributed by atoms with Crippen LogP contribution in [0.2, 0.25) is 0 Å². The Bertz CT molecular complexity index is 606. The summed E-state index contributed by atoms with van der Waals surface area (Å²) >= 11 is 1.32. The van der Waals surface area contributed by atoms with E-state index in [4.69, 9.17) is 4.74 Å². The third kappa shape index (κ3) is 3.80. The van der Waals surface area contributed by atoms with Gasteiger partial charge in [0.1, 0.15) is 11.7 Å². The Morgan fingerprint density at radius 2 is 2.18 bits per heavy atom. The molecule has 0 unspecified atom stereocenters. The maximum atomic E-state index is 12.2. The van der Waals surface area contributed by atoms with Crippen molar-refractivity contribution in [2.75, 3.05) is 18.5 Å². The molecule has 1 aromatic heterocycles. The highest BCUT2D eigenvalue weighted by molar-refractivity contribution is 7.03. The molecule has 1 aromatic carbocycles. The number of morpholine rings is 1. The van der Waals surface area contributed by atoms with Crippen LogP contribution in [0.15, 0.2) is 29.6 Å². The molecule has 2 atom stereocenters. The van der Waals surface area contributed by atoms with Gasteiger partial charge in [-0.1, -0.05) is 16.6 Å². The first kappa shape index (κ1) is 16.8. The van der Waals surface area contributed by atoms with Gasteiger partial charge in [0, 0.05) is 23.2 Å². The lowest BCUT2D eigenvalue weighted by molar-refractivity contribution is -0.123. The Morgan fingerprint density at radius 3 is 2.82 bits per heavy atom. The Kier molecular flexibility index (Phi) is 5.84. The SMILES string of the molecule is C[C@H]1OCCN[C@@H]1C(=O)Nc1ccc(-c2csnn2)cc1.Cl. The second-order valence-electron chi connectivity index (χ2n) is 4.86. The topological polar surface area (TPSA) is 76.1 Å². The molecular weight excluding hydrogens is 324 g/mol. The van der Waals surface area contributed by atoms with Crippen LogP contribution in [0.4, 0.5) is 5.69 Å². The lowest BCUT2D eigenvalue weighted by Gasteiger charge is -2.29. The summed E-state index contributed by atoms with van der Waals surface area (Å²) in [7, 11) is 0. The lowest BCUT2D eigenvalue weighted by atomic mass is 10.1. The van der Waals surface area contributed by atoms with Gasteiger partial charge in [-0.15, -0.1) is 17.5 Å². The van der Waals surface area contributed by atoms with Crippen LogP contribution in [0, 0.1) is 0 Å². The average molecular weight is 341 g/mol. The number of benzene rings is 1. The van der Waals surface area contributed by atoms with E-state index >= 15 is 0 Å². The van der Waals surface area contributed by atoms with Crippen LogP contribution in [0.5, 0.6) is 0 Å². The van der Waals surface area contributed by atoms with Gasteiger partial charge in [0.05, 0.1) is 12.7 Å². The molecule has 1 aliphatic heterocycles. The van der Waals surface area contributed by atoms with Crippen molar-refractivity contribution in [3.05, 3.63) is 29.6 Å². The summed E-state index contributed by atoms with van der Waals surface area (Å²) < 4.78 is 9.32. The third-order valence-electron chi connectivity index (χ3n) is 3.41. The predicted molar refractivity (Wildman–Crippen MR) is 88.4 cm³/mol. The Morgan fingerprint density at radius 1 is 1.41 bits per heavy atom. The predicted octanol–water partition coefficient (Wildman–Crippen LogP) is 1.94. The van der Waals surface area contributed by atoms with Crippen LogP contribution in [0.3, 0.4) is 0 Å². The summed E-state index contributed by atoms with van der Waals surface area (Å²) in [6, 6.07) is 7.24. The minimum absolute atomic E-state index is 0. The summed E-state index contributed by atoms with van der Waals surface area (Å²) in [5, 5.41) is 12.0. The molecule has 8 heteroatoms. The number of hydrogen-bond donors (Lipinski definition) is 2. The zero-order valence-corrected chi connectivity index (χ0v) is 13.6. The molecule has 22 heavy (non-hydrogen) atoms. The number of anilines is 1.